The highest BCUT2D eigenvalue weighted by atomic mass is 16.2. The molecular weight excluding hydrogens is 296 g/mol. The number of amides is 4. The lowest BCUT2D eigenvalue weighted by molar-refractivity contribution is -0.125. The molecule has 1 aliphatic rings. The Morgan fingerprint density at radius 3 is 2.22 bits per heavy atom. The third-order valence-electron chi connectivity index (χ3n) is 4.01. The van der Waals surface area contributed by atoms with E-state index < -0.39 is 12.1 Å². The number of imide groups is 1. The Bertz CT molecular complexity index is 568. The summed E-state index contributed by atoms with van der Waals surface area (Å²) in [5, 5.41) is 4.63. The Hall–Kier alpha value is -2.41. The summed E-state index contributed by atoms with van der Waals surface area (Å²) in [5.41, 5.74) is 0.673. The Labute approximate surface area is 135 Å². The summed E-state index contributed by atoms with van der Waals surface area (Å²) in [5.74, 6) is -0.333. The first-order valence-corrected chi connectivity index (χ1v) is 7.64. The molecule has 1 unspecified atom stereocenters. The molecule has 0 saturated carbocycles. The van der Waals surface area contributed by atoms with Crippen molar-refractivity contribution in [3.8, 4) is 0 Å². The number of urea groups is 1. The van der Waals surface area contributed by atoms with E-state index in [-0.39, 0.29) is 11.8 Å². The summed E-state index contributed by atoms with van der Waals surface area (Å²) in [4.78, 5) is 39.3. The van der Waals surface area contributed by atoms with Crippen LogP contribution in [0, 0.1) is 0 Å². The summed E-state index contributed by atoms with van der Waals surface area (Å²) in [6.45, 7) is 4.07. The summed E-state index contributed by atoms with van der Waals surface area (Å²) >= 11 is 0. The fraction of sp³-hybridized carbons (Fsp3) is 0.438. The fourth-order valence-corrected chi connectivity index (χ4v) is 2.52. The van der Waals surface area contributed by atoms with Crippen LogP contribution in [0.5, 0.6) is 0 Å². The van der Waals surface area contributed by atoms with Gasteiger partial charge in [0.05, 0.1) is 6.04 Å². The molecule has 0 spiro atoms. The number of piperazine rings is 1. The van der Waals surface area contributed by atoms with Crippen molar-refractivity contribution in [1.29, 1.82) is 0 Å². The fourth-order valence-electron chi connectivity index (χ4n) is 2.52. The number of benzene rings is 1. The summed E-state index contributed by atoms with van der Waals surface area (Å²) in [6, 6.07) is 8.23. The minimum atomic E-state index is -0.514. The molecular formula is C16H22N4O3. The average molecular weight is 318 g/mol. The zero-order chi connectivity index (χ0) is 16.8. The number of carbonyl (C=O) groups is 3. The molecule has 23 heavy (non-hydrogen) atoms. The largest absolute Gasteiger partial charge is 0.341 e. The first kappa shape index (κ1) is 17.0. The molecule has 2 N–H and O–H groups in total. The van der Waals surface area contributed by atoms with E-state index in [4.69, 9.17) is 0 Å². The third-order valence-corrected chi connectivity index (χ3v) is 4.01. The molecule has 1 heterocycles. The Morgan fingerprint density at radius 2 is 1.65 bits per heavy atom. The Kier molecular flexibility index (Phi) is 5.70. The number of nitrogens with zero attached hydrogens (tertiary/aromatic N) is 2. The van der Waals surface area contributed by atoms with E-state index in [0.29, 0.717) is 31.7 Å². The molecule has 0 aliphatic carbocycles. The molecule has 4 amide bonds. The molecule has 0 aromatic heterocycles. The van der Waals surface area contributed by atoms with E-state index in [1.165, 1.54) is 7.05 Å². The predicted octanol–water partition coefficient (Wildman–Crippen LogP) is 0.289. The standard InChI is InChI=1S/C16H22N4O3/c1-12(14(21)18-16(23)17-2)19-8-10-20(11-9-19)15(22)13-6-4-3-5-7-13/h3-7,12H,8-11H2,1-2H3,(H2,17,18,21,23). The maximum Gasteiger partial charge on any atom is 0.321 e. The van der Waals surface area contributed by atoms with E-state index >= 15 is 0 Å². The zero-order valence-corrected chi connectivity index (χ0v) is 13.4. The van der Waals surface area contributed by atoms with E-state index in [9.17, 15) is 14.4 Å². The van der Waals surface area contributed by atoms with Crippen molar-refractivity contribution in [1.82, 2.24) is 20.4 Å². The van der Waals surface area contributed by atoms with Crippen molar-refractivity contribution in [2.24, 2.45) is 0 Å². The van der Waals surface area contributed by atoms with Crippen molar-refractivity contribution in [3.63, 3.8) is 0 Å². The van der Waals surface area contributed by atoms with Crippen LogP contribution in [0.3, 0.4) is 0 Å². The maximum atomic E-state index is 12.4. The van der Waals surface area contributed by atoms with Gasteiger partial charge in [-0.05, 0) is 19.1 Å². The normalized spacial score (nSPS) is 16.5. The van der Waals surface area contributed by atoms with Crippen LogP contribution in [-0.4, -0.2) is 66.9 Å². The van der Waals surface area contributed by atoms with Crippen molar-refractivity contribution >= 4 is 17.8 Å². The van der Waals surface area contributed by atoms with Gasteiger partial charge in [0, 0.05) is 38.8 Å². The number of hydrogen-bond acceptors (Lipinski definition) is 4. The van der Waals surface area contributed by atoms with Crippen molar-refractivity contribution in [2.45, 2.75) is 13.0 Å². The molecule has 2 rings (SSSR count). The minimum Gasteiger partial charge on any atom is -0.341 e. The predicted molar refractivity (Wildman–Crippen MR) is 86.0 cm³/mol. The second kappa shape index (κ2) is 7.73. The zero-order valence-electron chi connectivity index (χ0n) is 13.4. The number of carbonyl (C=O) groups excluding carboxylic acids is 3. The highest BCUT2D eigenvalue weighted by molar-refractivity contribution is 5.96. The molecule has 7 heteroatoms. The van der Waals surface area contributed by atoms with Crippen molar-refractivity contribution < 1.29 is 14.4 Å². The topological polar surface area (TPSA) is 81.8 Å². The van der Waals surface area contributed by atoms with Crippen LogP contribution >= 0.6 is 0 Å². The molecule has 1 fully saturated rings. The summed E-state index contributed by atoms with van der Waals surface area (Å²) in [6.07, 6.45) is 0. The number of rotatable bonds is 3. The SMILES string of the molecule is CNC(=O)NC(=O)C(C)N1CCN(C(=O)c2ccccc2)CC1. The minimum absolute atomic E-state index is 0.00714. The molecule has 1 aliphatic heterocycles. The lowest BCUT2D eigenvalue weighted by atomic mass is 10.1. The van der Waals surface area contributed by atoms with Crippen LogP contribution in [0.4, 0.5) is 4.79 Å². The second-order valence-corrected chi connectivity index (χ2v) is 5.44. The van der Waals surface area contributed by atoms with E-state index in [1.807, 2.05) is 23.1 Å². The first-order chi connectivity index (χ1) is 11.0. The van der Waals surface area contributed by atoms with Gasteiger partial charge in [0.15, 0.2) is 0 Å². The van der Waals surface area contributed by atoms with Crippen LogP contribution in [0.25, 0.3) is 0 Å². The third kappa shape index (κ3) is 4.29. The summed E-state index contributed by atoms with van der Waals surface area (Å²) in [7, 11) is 1.46. The molecule has 1 aromatic rings. The quantitative estimate of drug-likeness (QED) is 0.839. The molecule has 124 valence electrons. The Balaban J connectivity index is 1.87. The molecule has 1 atom stereocenters. The molecule has 1 saturated heterocycles. The van der Waals surface area contributed by atoms with E-state index in [1.54, 1.807) is 24.0 Å². The van der Waals surface area contributed by atoms with Gasteiger partial charge >= 0.3 is 6.03 Å². The van der Waals surface area contributed by atoms with Gasteiger partial charge < -0.3 is 10.2 Å². The Morgan fingerprint density at radius 1 is 1.04 bits per heavy atom. The second-order valence-electron chi connectivity index (χ2n) is 5.44. The van der Waals surface area contributed by atoms with Gasteiger partial charge in [-0.15, -0.1) is 0 Å². The van der Waals surface area contributed by atoms with Gasteiger partial charge in [0.25, 0.3) is 5.91 Å². The number of hydrogen-bond donors (Lipinski definition) is 2. The monoisotopic (exact) mass is 318 g/mol. The smallest absolute Gasteiger partial charge is 0.321 e. The van der Waals surface area contributed by atoms with Gasteiger partial charge in [0.1, 0.15) is 0 Å². The highest BCUT2D eigenvalue weighted by Gasteiger charge is 2.28. The average Bonchev–Trinajstić information content (AvgIpc) is 2.61. The van der Waals surface area contributed by atoms with Crippen LogP contribution in [0.1, 0.15) is 17.3 Å². The van der Waals surface area contributed by atoms with Gasteiger partial charge in [0.2, 0.25) is 5.91 Å². The molecule has 0 radical (unpaired) electrons. The summed E-state index contributed by atoms with van der Waals surface area (Å²) < 4.78 is 0. The van der Waals surface area contributed by atoms with Gasteiger partial charge in [-0.1, -0.05) is 18.2 Å². The number of nitrogens with one attached hydrogen (secondary N) is 2. The lowest BCUT2D eigenvalue weighted by Crippen LogP contribution is -2.56. The van der Waals surface area contributed by atoms with Crippen LogP contribution in [0.2, 0.25) is 0 Å². The van der Waals surface area contributed by atoms with Gasteiger partial charge in [-0.3, -0.25) is 19.8 Å². The van der Waals surface area contributed by atoms with E-state index in [2.05, 4.69) is 10.6 Å². The first-order valence-electron chi connectivity index (χ1n) is 7.64. The molecule has 1 aromatic carbocycles. The van der Waals surface area contributed by atoms with Crippen LogP contribution in [0.15, 0.2) is 30.3 Å². The van der Waals surface area contributed by atoms with Crippen LogP contribution in [-0.2, 0) is 4.79 Å². The van der Waals surface area contributed by atoms with E-state index in [0.717, 1.165) is 0 Å². The van der Waals surface area contributed by atoms with Gasteiger partial charge in [-0.25, -0.2) is 4.79 Å². The van der Waals surface area contributed by atoms with Crippen LogP contribution < -0.4 is 10.6 Å². The molecule has 7 nitrogen and oxygen atoms in total. The van der Waals surface area contributed by atoms with Gasteiger partial charge in [-0.2, -0.15) is 0 Å². The maximum absolute atomic E-state index is 12.4. The van der Waals surface area contributed by atoms with Crippen molar-refractivity contribution in [2.75, 3.05) is 33.2 Å². The van der Waals surface area contributed by atoms with Crippen molar-refractivity contribution in [3.05, 3.63) is 35.9 Å². The molecule has 0 bridgehead atoms. The highest BCUT2D eigenvalue weighted by Crippen LogP contribution is 2.11. The lowest BCUT2D eigenvalue weighted by Gasteiger charge is -2.37.